The van der Waals surface area contributed by atoms with Gasteiger partial charge in [-0.25, -0.2) is 13.2 Å². The van der Waals surface area contributed by atoms with Crippen LogP contribution in [0.3, 0.4) is 0 Å². The molecule has 0 spiro atoms. The molecule has 13 heteroatoms. The van der Waals surface area contributed by atoms with E-state index in [9.17, 15) is 31.2 Å². The lowest BCUT2D eigenvalue weighted by atomic mass is 10.3. The van der Waals surface area contributed by atoms with E-state index in [0.29, 0.717) is 13.1 Å². The van der Waals surface area contributed by atoms with Crippen molar-refractivity contribution in [2.75, 3.05) is 25.0 Å². The number of anilines is 1. The van der Waals surface area contributed by atoms with Gasteiger partial charge in [-0.15, -0.1) is 24.5 Å². The van der Waals surface area contributed by atoms with Crippen LogP contribution in [0.25, 0.3) is 0 Å². The minimum atomic E-state index is -4.83. The highest BCUT2D eigenvalue weighted by atomic mass is 32.2. The van der Waals surface area contributed by atoms with E-state index in [4.69, 9.17) is 4.74 Å². The first kappa shape index (κ1) is 23.0. The smallest absolute Gasteiger partial charge is 0.451 e. The van der Waals surface area contributed by atoms with Gasteiger partial charge in [0.2, 0.25) is 10.0 Å². The molecule has 31 heavy (non-hydrogen) atoms. The summed E-state index contributed by atoms with van der Waals surface area (Å²) in [6.07, 6.45) is -3.35. The number of benzene rings is 1. The molecular formula is C18H17F3N2O6S2. The van der Waals surface area contributed by atoms with E-state index in [2.05, 4.69) is 10.1 Å². The number of amides is 1. The number of thiophene rings is 1. The van der Waals surface area contributed by atoms with Crippen LogP contribution < -0.4 is 10.1 Å². The fraction of sp³-hybridized carbons (Fsp3) is 0.333. The van der Waals surface area contributed by atoms with Crippen molar-refractivity contribution in [1.82, 2.24) is 4.31 Å². The quantitative estimate of drug-likeness (QED) is 0.613. The van der Waals surface area contributed by atoms with Crippen molar-refractivity contribution in [2.45, 2.75) is 24.1 Å². The van der Waals surface area contributed by atoms with Crippen molar-refractivity contribution in [1.29, 1.82) is 0 Å². The fourth-order valence-electron chi connectivity index (χ4n) is 2.85. The number of sulfonamides is 1. The van der Waals surface area contributed by atoms with Gasteiger partial charge in [-0.3, -0.25) is 4.79 Å². The molecule has 1 aromatic carbocycles. The van der Waals surface area contributed by atoms with Crippen molar-refractivity contribution < 1.29 is 40.7 Å². The molecule has 8 nitrogen and oxygen atoms in total. The standard InChI is InChI=1S/C18H17F3N2O6S2/c19-18(20,21)29-13-5-3-12(4-6-13)22-15(24)11-28-17(25)16-14(7-10-30-16)31(26,27)23-8-1-2-9-23/h3-7,10H,1-2,8-9,11H2,(H,22,24). The number of ether oxygens (including phenoxy) is 2. The minimum Gasteiger partial charge on any atom is -0.451 e. The van der Waals surface area contributed by atoms with Crippen LogP contribution in [-0.4, -0.2) is 50.7 Å². The molecule has 2 aromatic rings. The van der Waals surface area contributed by atoms with E-state index in [0.717, 1.165) is 36.3 Å². The molecular weight excluding hydrogens is 461 g/mol. The zero-order valence-electron chi connectivity index (χ0n) is 15.8. The van der Waals surface area contributed by atoms with E-state index in [1.807, 2.05) is 0 Å². The first-order valence-electron chi connectivity index (χ1n) is 8.97. The zero-order chi connectivity index (χ0) is 22.6. The van der Waals surface area contributed by atoms with Crippen LogP contribution in [0.5, 0.6) is 5.75 Å². The van der Waals surface area contributed by atoms with Crippen molar-refractivity contribution in [3.05, 3.63) is 40.6 Å². The highest BCUT2D eigenvalue weighted by Gasteiger charge is 2.33. The molecule has 1 fully saturated rings. The highest BCUT2D eigenvalue weighted by molar-refractivity contribution is 7.89. The lowest BCUT2D eigenvalue weighted by Crippen LogP contribution is -2.29. The van der Waals surface area contributed by atoms with Crippen LogP contribution in [0.1, 0.15) is 22.5 Å². The molecule has 1 amide bonds. The maximum atomic E-state index is 12.7. The third kappa shape index (κ3) is 5.95. The topological polar surface area (TPSA) is 102 Å². The largest absolute Gasteiger partial charge is 0.573 e. The summed E-state index contributed by atoms with van der Waals surface area (Å²) >= 11 is 0.887. The Morgan fingerprint density at radius 2 is 1.74 bits per heavy atom. The van der Waals surface area contributed by atoms with E-state index >= 15 is 0 Å². The summed E-state index contributed by atoms with van der Waals surface area (Å²) in [4.78, 5) is 24.0. The van der Waals surface area contributed by atoms with Crippen molar-refractivity contribution in [2.24, 2.45) is 0 Å². The van der Waals surface area contributed by atoms with Crippen molar-refractivity contribution in [3.8, 4) is 5.75 Å². The Labute approximate surface area is 179 Å². The predicted molar refractivity (Wildman–Crippen MR) is 104 cm³/mol. The zero-order valence-corrected chi connectivity index (χ0v) is 17.5. The van der Waals surface area contributed by atoms with Gasteiger partial charge in [0.15, 0.2) is 6.61 Å². The fourth-order valence-corrected chi connectivity index (χ4v) is 5.65. The van der Waals surface area contributed by atoms with Gasteiger partial charge in [0.25, 0.3) is 5.91 Å². The second-order valence-corrected chi connectivity index (χ2v) is 9.24. The Kier molecular flexibility index (Phi) is 6.86. The molecule has 1 N–H and O–H groups in total. The summed E-state index contributed by atoms with van der Waals surface area (Å²) in [6.45, 7) is 0.0461. The highest BCUT2D eigenvalue weighted by Crippen LogP contribution is 2.28. The lowest BCUT2D eigenvalue weighted by molar-refractivity contribution is -0.274. The van der Waals surface area contributed by atoms with Crippen LogP contribution in [0.15, 0.2) is 40.6 Å². The molecule has 0 radical (unpaired) electrons. The van der Waals surface area contributed by atoms with Gasteiger partial charge in [0.05, 0.1) is 0 Å². The number of nitrogens with one attached hydrogen (secondary N) is 1. The van der Waals surface area contributed by atoms with Gasteiger partial charge >= 0.3 is 12.3 Å². The van der Waals surface area contributed by atoms with Gasteiger partial charge in [0, 0.05) is 18.8 Å². The van der Waals surface area contributed by atoms with Gasteiger partial charge in [-0.2, -0.15) is 4.31 Å². The summed E-state index contributed by atoms with van der Waals surface area (Å²) in [7, 11) is -3.82. The number of carbonyl (C=O) groups is 2. The van der Waals surface area contributed by atoms with Gasteiger partial charge < -0.3 is 14.8 Å². The Balaban J connectivity index is 1.57. The maximum Gasteiger partial charge on any atom is 0.573 e. The van der Waals surface area contributed by atoms with E-state index < -0.39 is 40.6 Å². The Morgan fingerprint density at radius 1 is 1.10 bits per heavy atom. The molecule has 3 rings (SSSR count). The maximum absolute atomic E-state index is 12.7. The Hall–Kier alpha value is -2.64. The third-order valence-electron chi connectivity index (χ3n) is 4.20. The molecule has 1 aromatic heterocycles. The average Bonchev–Trinajstić information content (AvgIpc) is 3.39. The third-order valence-corrected chi connectivity index (χ3v) is 7.17. The molecule has 0 saturated carbocycles. The number of halogens is 3. The normalized spacial score (nSPS) is 14.9. The Bertz CT molecular complexity index is 1040. The van der Waals surface area contributed by atoms with Crippen LogP contribution in [0.4, 0.5) is 18.9 Å². The number of rotatable bonds is 7. The second kappa shape index (κ2) is 9.24. The van der Waals surface area contributed by atoms with Crippen LogP contribution >= 0.6 is 11.3 Å². The van der Waals surface area contributed by atoms with E-state index in [-0.39, 0.29) is 15.5 Å². The molecule has 0 aliphatic carbocycles. The molecule has 0 unspecified atom stereocenters. The molecule has 1 saturated heterocycles. The minimum absolute atomic E-state index is 0.131. The first-order chi connectivity index (χ1) is 14.6. The summed E-state index contributed by atoms with van der Waals surface area (Å²) in [5.41, 5.74) is 0.156. The number of hydrogen-bond donors (Lipinski definition) is 1. The van der Waals surface area contributed by atoms with Crippen molar-refractivity contribution in [3.63, 3.8) is 0 Å². The first-order valence-corrected chi connectivity index (χ1v) is 11.3. The monoisotopic (exact) mass is 478 g/mol. The molecule has 1 aliphatic rings. The molecule has 1 aliphatic heterocycles. The average molecular weight is 478 g/mol. The second-order valence-electron chi connectivity index (χ2n) is 6.42. The SMILES string of the molecule is O=C(COC(=O)c1sccc1S(=O)(=O)N1CCCC1)Nc1ccc(OC(F)(F)F)cc1. The molecule has 2 heterocycles. The van der Waals surface area contributed by atoms with Gasteiger partial charge in [-0.05, 0) is 48.6 Å². The molecule has 0 bridgehead atoms. The van der Waals surface area contributed by atoms with Crippen LogP contribution in [0, 0.1) is 0 Å². The molecule has 0 atom stereocenters. The van der Waals surface area contributed by atoms with Gasteiger partial charge in [0.1, 0.15) is 15.5 Å². The summed E-state index contributed by atoms with van der Waals surface area (Å²) in [6, 6.07) is 5.70. The summed E-state index contributed by atoms with van der Waals surface area (Å²) in [5.74, 6) is -2.17. The Morgan fingerprint density at radius 3 is 2.35 bits per heavy atom. The number of carbonyl (C=O) groups excluding carboxylic acids is 2. The summed E-state index contributed by atoms with van der Waals surface area (Å²) in [5, 5.41) is 3.79. The predicted octanol–water partition coefficient (Wildman–Crippen LogP) is 3.23. The molecule has 168 valence electrons. The van der Waals surface area contributed by atoms with Crippen LogP contribution in [0.2, 0.25) is 0 Å². The number of hydrogen-bond acceptors (Lipinski definition) is 7. The van der Waals surface area contributed by atoms with E-state index in [1.165, 1.54) is 27.9 Å². The number of esters is 1. The van der Waals surface area contributed by atoms with Crippen molar-refractivity contribution >= 4 is 38.9 Å². The number of alkyl halides is 3. The lowest BCUT2D eigenvalue weighted by Gasteiger charge is -2.15. The van der Waals surface area contributed by atoms with Gasteiger partial charge in [-0.1, -0.05) is 0 Å². The summed E-state index contributed by atoms with van der Waals surface area (Å²) < 4.78 is 71.8. The van der Waals surface area contributed by atoms with E-state index in [1.54, 1.807) is 0 Å². The van der Waals surface area contributed by atoms with Crippen LogP contribution in [-0.2, 0) is 19.6 Å². The number of nitrogens with zero attached hydrogens (tertiary/aromatic N) is 1.